The molecule has 0 aliphatic carbocycles. The first kappa shape index (κ1) is 23.9. The van der Waals surface area contributed by atoms with Gasteiger partial charge in [0, 0.05) is 27.5 Å². The van der Waals surface area contributed by atoms with Gasteiger partial charge in [0.25, 0.3) is 0 Å². The van der Waals surface area contributed by atoms with Crippen molar-refractivity contribution in [3.8, 4) is 11.1 Å². The lowest BCUT2D eigenvalue weighted by Gasteiger charge is -2.26. The van der Waals surface area contributed by atoms with Crippen LogP contribution in [0.4, 0.5) is 17.1 Å². The van der Waals surface area contributed by atoms with E-state index in [4.69, 9.17) is 8.83 Å². The highest BCUT2D eigenvalue weighted by Gasteiger charge is 2.21. The molecular formula is C40H25NO2. The molecule has 0 aliphatic rings. The molecule has 3 nitrogen and oxygen atoms in total. The normalized spacial score (nSPS) is 11.7. The molecular weight excluding hydrogens is 526 g/mol. The third-order valence-corrected chi connectivity index (χ3v) is 8.42. The molecule has 0 radical (unpaired) electrons. The Morgan fingerprint density at radius 3 is 1.93 bits per heavy atom. The number of benzene rings is 7. The first-order chi connectivity index (χ1) is 21.3. The minimum absolute atomic E-state index is 0.844. The van der Waals surface area contributed by atoms with Crippen LogP contribution in [0.3, 0.4) is 0 Å². The van der Waals surface area contributed by atoms with E-state index >= 15 is 0 Å². The van der Waals surface area contributed by atoms with Crippen LogP contribution in [0, 0.1) is 0 Å². The van der Waals surface area contributed by atoms with Crippen molar-refractivity contribution in [2.45, 2.75) is 0 Å². The minimum atomic E-state index is 0.844. The molecule has 0 N–H and O–H groups in total. The van der Waals surface area contributed by atoms with E-state index in [0.29, 0.717) is 0 Å². The average Bonchev–Trinajstić information content (AvgIpc) is 3.61. The fourth-order valence-corrected chi connectivity index (χ4v) is 6.39. The number of hydrogen-bond acceptors (Lipinski definition) is 3. The zero-order chi connectivity index (χ0) is 28.3. The number of para-hydroxylation sites is 1. The van der Waals surface area contributed by atoms with Crippen molar-refractivity contribution < 1.29 is 8.83 Å². The topological polar surface area (TPSA) is 29.5 Å². The van der Waals surface area contributed by atoms with E-state index in [1.807, 2.05) is 6.07 Å². The van der Waals surface area contributed by atoms with Crippen LogP contribution in [0.15, 0.2) is 160 Å². The van der Waals surface area contributed by atoms with Gasteiger partial charge in [0.2, 0.25) is 0 Å². The number of furan rings is 2. The minimum Gasteiger partial charge on any atom is -0.456 e. The van der Waals surface area contributed by atoms with Crippen molar-refractivity contribution in [2.75, 3.05) is 4.90 Å². The largest absolute Gasteiger partial charge is 0.456 e. The van der Waals surface area contributed by atoms with Gasteiger partial charge in [-0.2, -0.15) is 0 Å². The maximum Gasteiger partial charge on any atom is 0.137 e. The molecule has 0 aliphatic heterocycles. The molecule has 0 saturated carbocycles. The summed E-state index contributed by atoms with van der Waals surface area (Å²) in [4.78, 5) is 2.32. The first-order valence-corrected chi connectivity index (χ1v) is 14.5. The summed E-state index contributed by atoms with van der Waals surface area (Å²) in [5, 5.41) is 6.64. The Labute approximate surface area is 247 Å². The number of hydrogen-bond donors (Lipinski definition) is 0. The molecule has 2 aromatic heterocycles. The van der Waals surface area contributed by atoms with Gasteiger partial charge in [-0.05, 0) is 82.6 Å². The summed E-state index contributed by atoms with van der Waals surface area (Å²) >= 11 is 0. The summed E-state index contributed by atoms with van der Waals surface area (Å²) in [5.41, 5.74) is 8.94. The first-order valence-electron chi connectivity index (χ1n) is 14.5. The van der Waals surface area contributed by atoms with Crippen LogP contribution < -0.4 is 4.90 Å². The predicted octanol–water partition coefficient (Wildman–Crippen LogP) is 11.8. The van der Waals surface area contributed by atoms with Crippen LogP contribution in [0.5, 0.6) is 0 Å². The fraction of sp³-hybridized carbons (Fsp3) is 0. The lowest BCUT2D eigenvalue weighted by atomic mass is 10.0. The molecule has 2 heterocycles. The van der Waals surface area contributed by atoms with Crippen LogP contribution in [-0.2, 0) is 0 Å². The summed E-state index contributed by atoms with van der Waals surface area (Å²) in [6, 6.07) is 53.1. The fourth-order valence-electron chi connectivity index (χ4n) is 6.39. The van der Waals surface area contributed by atoms with E-state index in [2.05, 4.69) is 150 Å². The molecule has 0 bridgehead atoms. The highest BCUT2D eigenvalue weighted by Crippen LogP contribution is 2.45. The number of nitrogens with zero attached hydrogens (tertiary/aromatic N) is 1. The van der Waals surface area contributed by atoms with Gasteiger partial charge in [0.05, 0.1) is 11.1 Å². The Balaban J connectivity index is 1.28. The maximum absolute atomic E-state index is 6.54. The molecule has 43 heavy (non-hydrogen) atoms. The summed E-state index contributed by atoms with van der Waals surface area (Å²) < 4.78 is 13.0. The summed E-state index contributed by atoms with van der Waals surface area (Å²) in [6.07, 6.45) is 0. The lowest BCUT2D eigenvalue weighted by Crippen LogP contribution is -2.10. The van der Waals surface area contributed by atoms with E-state index in [1.165, 1.54) is 16.3 Å². The van der Waals surface area contributed by atoms with Gasteiger partial charge in [-0.1, -0.05) is 91.0 Å². The smallest absolute Gasteiger partial charge is 0.137 e. The molecule has 0 amide bonds. The SMILES string of the molecule is c1ccc(-c2ccc3c(c2)oc2cc4c(cc23)oc2cccc(N(c3ccccc3)c3ccc5ccccc5c3)c24)cc1. The van der Waals surface area contributed by atoms with Crippen LogP contribution in [0.2, 0.25) is 0 Å². The van der Waals surface area contributed by atoms with E-state index < -0.39 is 0 Å². The highest BCUT2D eigenvalue weighted by atomic mass is 16.3. The van der Waals surface area contributed by atoms with Crippen LogP contribution in [-0.4, -0.2) is 0 Å². The summed E-state index contributed by atoms with van der Waals surface area (Å²) in [6.45, 7) is 0. The second-order valence-corrected chi connectivity index (χ2v) is 11.0. The van der Waals surface area contributed by atoms with Gasteiger partial charge >= 0.3 is 0 Å². The number of rotatable bonds is 4. The van der Waals surface area contributed by atoms with Gasteiger partial charge < -0.3 is 13.7 Å². The van der Waals surface area contributed by atoms with Gasteiger partial charge in [0.15, 0.2) is 0 Å². The Bertz CT molecular complexity index is 2450. The quantitative estimate of drug-likeness (QED) is 0.218. The van der Waals surface area contributed by atoms with Gasteiger partial charge in [0.1, 0.15) is 22.3 Å². The second kappa shape index (κ2) is 9.37. The molecule has 0 saturated heterocycles. The van der Waals surface area contributed by atoms with E-state index in [9.17, 15) is 0 Å². The second-order valence-electron chi connectivity index (χ2n) is 11.0. The molecule has 7 aromatic carbocycles. The number of anilines is 3. The standard InChI is InChI=1S/C40H25NO2/c1-3-10-26(11-4-1)29-19-21-32-33-24-39-34(25-38(33)43-37(32)23-29)40-35(16-9-17-36(40)42-39)41(30-14-5-2-6-15-30)31-20-18-27-12-7-8-13-28(27)22-31/h1-25H. The van der Waals surface area contributed by atoms with Gasteiger partial charge in [-0.3, -0.25) is 0 Å². The van der Waals surface area contributed by atoms with Crippen molar-refractivity contribution >= 4 is 71.7 Å². The Kier molecular flexibility index (Phi) is 5.20. The van der Waals surface area contributed by atoms with Crippen molar-refractivity contribution in [3.05, 3.63) is 152 Å². The van der Waals surface area contributed by atoms with Crippen molar-refractivity contribution in [2.24, 2.45) is 0 Å². The third kappa shape index (κ3) is 3.83. The molecule has 202 valence electrons. The van der Waals surface area contributed by atoms with Crippen LogP contribution in [0.25, 0.3) is 65.8 Å². The van der Waals surface area contributed by atoms with Crippen molar-refractivity contribution in [1.29, 1.82) is 0 Å². The predicted molar refractivity (Wildman–Crippen MR) is 179 cm³/mol. The summed E-state index contributed by atoms with van der Waals surface area (Å²) in [5.74, 6) is 0. The lowest BCUT2D eigenvalue weighted by molar-refractivity contribution is 0.664. The Morgan fingerprint density at radius 2 is 1.07 bits per heavy atom. The molecule has 9 rings (SSSR count). The average molecular weight is 552 g/mol. The molecule has 3 heteroatoms. The monoisotopic (exact) mass is 551 g/mol. The van der Waals surface area contributed by atoms with Gasteiger partial charge in [-0.25, -0.2) is 0 Å². The molecule has 0 fully saturated rings. The van der Waals surface area contributed by atoms with Gasteiger partial charge in [-0.15, -0.1) is 0 Å². The molecule has 0 spiro atoms. The van der Waals surface area contributed by atoms with E-state index in [0.717, 1.165) is 66.5 Å². The van der Waals surface area contributed by atoms with Crippen LogP contribution in [0.1, 0.15) is 0 Å². The maximum atomic E-state index is 6.54. The zero-order valence-corrected chi connectivity index (χ0v) is 23.2. The number of fused-ring (bicyclic) bond motifs is 7. The molecule has 0 unspecified atom stereocenters. The van der Waals surface area contributed by atoms with Crippen molar-refractivity contribution in [1.82, 2.24) is 0 Å². The third-order valence-electron chi connectivity index (χ3n) is 8.42. The zero-order valence-electron chi connectivity index (χ0n) is 23.2. The summed E-state index contributed by atoms with van der Waals surface area (Å²) in [7, 11) is 0. The van der Waals surface area contributed by atoms with Crippen molar-refractivity contribution in [3.63, 3.8) is 0 Å². The molecule has 9 aromatic rings. The Hall–Kier alpha value is -5.80. The van der Waals surface area contributed by atoms with E-state index in [-0.39, 0.29) is 0 Å². The van der Waals surface area contributed by atoms with E-state index in [1.54, 1.807) is 0 Å². The highest BCUT2D eigenvalue weighted by molar-refractivity contribution is 6.19. The molecule has 0 atom stereocenters. The van der Waals surface area contributed by atoms with Crippen LogP contribution >= 0.6 is 0 Å². The Morgan fingerprint density at radius 1 is 0.372 bits per heavy atom.